The van der Waals surface area contributed by atoms with E-state index < -0.39 is 10.8 Å². The lowest BCUT2D eigenvalue weighted by molar-refractivity contribution is -0.115. The van der Waals surface area contributed by atoms with Gasteiger partial charge in [0.1, 0.15) is 5.82 Å². The number of rotatable bonds is 5. The maximum absolute atomic E-state index is 13.0. The van der Waals surface area contributed by atoms with Crippen LogP contribution in [0.4, 0.5) is 11.5 Å². The number of anilines is 2. The third-order valence-electron chi connectivity index (χ3n) is 4.89. The van der Waals surface area contributed by atoms with E-state index in [2.05, 4.69) is 10.3 Å². The molecule has 0 aliphatic rings. The zero-order valence-corrected chi connectivity index (χ0v) is 18.0. The van der Waals surface area contributed by atoms with Crippen molar-refractivity contribution in [2.75, 3.05) is 11.1 Å². The number of amides is 1. The maximum Gasteiger partial charge on any atom is 0.275 e. The molecule has 7 heteroatoms. The Kier molecular flexibility index (Phi) is 5.77. The molecule has 0 fully saturated rings. The van der Waals surface area contributed by atoms with Crippen LogP contribution in [-0.2, 0) is 4.79 Å². The van der Waals surface area contributed by atoms with Gasteiger partial charge in [-0.15, -0.1) is 0 Å². The number of nitrogens with zero attached hydrogens (tertiary/aromatic N) is 2. The van der Waals surface area contributed by atoms with Crippen molar-refractivity contribution in [1.29, 1.82) is 0 Å². The van der Waals surface area contributed by atoms with Crippen molar-refractivity contribution in [1.82, 2.24) is 9.55 Å². The molecule has 1 atom stereocenters. The van der Waals surface area contributed by atoms with E-state index in [1.54, 1.807) is 11.5 Å². The van der Waals surface area contributed by atoms with E-state index in [0.29, 0.717) is 5.16 Å². The van der Waals surface area contributed by atoms with Gasteiger partial charge in [0.25, 0.3) is 5.56 Å². The summed E-state index contributed by atoms with van der Waals surface area (Å²) < 4.78 is 1.70. The number of thioether (sulfide) groups is 1. The Hall–Kier alpha value is -3.58. The smallest absolute Gasteiger partial charge is 0.275 e. The summed E-state index contributed by atoms with van der Waals surface area (Å²) in [6.45, 7) is 3.75. The van der Waals surface area contributed by atoms with Crippen LogP contribution in [0.2, 0.25) is 0 Å². The number of hydrogen-bond donors (Lipinski definition) is 2. The van der Waals surface area contributed by atoms with Crippen molar-refractivity contribution in [2.45, 2.75) is 24.3 Å². The summed E-state index contributed by atoms with van der Waals surface area (Å²) in [5.41, 5.74) is 8.29. The molecule has 4 aromatic rings. The normalized spacial score (nSPS) is 11.9. The number of carbonyl (C=O) groups excluding carboxylic acids is 1. The number of aryl methyl sites for hydroxylation is 1. The highest BCUT2D eigenvalue weighted by atomic mass is 32.2. The highest BCUT2D eigenvalue weighted by molar-refractivity contribution is 8.00. The fourth-order valence-corrected chi connectivity index (χ4v) is 4.31. The second-order valence-corrected chi connectivity index (χ2v) is 8.56. The van der Waals surface area contributed by atoms with Gasteiger partial charge in [0, 0.05) is 22.8 Å². The first-order valence-corrected chi connectivity index (χ1v) is 10.7. The van der Waals surface area contributed by atoms with Gasteiger partial charge < -0.3 is 11.1 Å². The maximum atomic E-state index is 13.0. The lowest BCUT2D eigenvalue weighted by Crippen LogP contribution is -2.24. The molecule has 1 heterocycles. The molecule has 0 aliphatic heterocycles. The number of fused-ring (bicyclic) bond motifs is 1. The van der Waals surface area contributed by atoms with Gasteiger partial charge in [-0.3, -0.25) is 14.2 Å². The van der Waals surface area contributed by atoms with Gasteiger partial charge in [-0.2, -0.15) is 4.98 Å². The monoisotopic (exact) mass is 430 g/mol. The molecule has 0 aliphatic carbocycles. The van der Waals surface area contributed by atoms with Crippen LogP contribution in [0.25, 0.3) is 16.5 Å². The first-order valence-electron chi connectivity index (χ1n) is 9.84. The molecule has 0 unspecified atom stereocenters. The molecule has 0 bridgehead atoms. The molecule has 4 rings (SSSR count). The van der Waals surface area contributed by atoms with E-state index in [4.69, 9.17) is 5.73 Å². The Morgan fingerprint density at radius 3 is 2.61 bits per heavy atom. The van der Waals surface area contributed by atoms with Crippen LogP contribution in [0.3, 0.4) is 0 Å². The molecule has 1 amide bonds. The molecule has 6 nitrogen and oxygen atoms in total. The van der Waals surface area contributed by atoms with Gasteiger partial charge in [0.05, 0.1) is 5.25 Å². The molecule has 0 saturated heterocycles. The number of hydrogen-bond acceptors (Lipinski definition) is 5. The minimum absolute atomic E-state index is 0.186. The number of nitrogens with two attached hydrogens (primary N) is 1. The lowest BCUT2D eigenvalue weighted by atomic mass is 10.1. The van der Waals surface area contributed by atoms with Gasteiger partial charge in [0.15, 0.2) is 5.16 Å². The van der Waals surface area contributed by atoms with Gasteiger partial charge >= 0.3 is 0 Å². The standard InChI is InChI=1S/C24H22N4O2S/c1-15-7-5-10-18(13-15)28-21(25)14-22(29)27-24(28)31-16(2)23(30)26-20-12-6-9-17-8-3-4-11-19(17)20/h3-14,16H,25H2,1-2H3,(H,26,30)/t16-/m1/s1. The Morgan fingerprint density at radius 2 is 1.81 bits per heavy atom. The zero-order valence-electron chi connectivity index (χ0n) is 17.2. The van der Waals surface area contributed by atoms with Crippen LogP contribution >= 0.6 is 11.8 Å². The van der Waals surface area contributed by atoms with Crippen LogP contribution in [-0.4, -0.2) is 20.7 Å². The minimum Gasteiger partial charge on any atom is -0.385 e. The molecular weight excluding hydrogens is 408 g/mol. The molecule has 0 saturated carbocycles. The molecule has 3 aromatic carbocycles. The molecule has 31 heavy (non-hydrogen) atoms. The number of carbonyl (C=O) groups is 1. The van der Waals surface area contributed by atoms with Crippen molar-refractivity contribution in [3.63, 3.8) is 0 Å². The Morgan fingerprint density at radius 1 is 1.06 bits per heavy atom. The van der Waals surface area contributed by atoms with Crippen molar-refractivity contribution in [3.05, 3.63) is 88.7 Å². The van der Waals surface area contributed by atoms with E-state index in [9.17, 15) is 9.59 Å². The third kappa shape index (κ3) is 4.46. The fourth-order valence-electron chi connectivity index (χ4n) is 3.36. The first kappa shape index (κ1) is 20.7. The molecule has 156 valence electrons. The van der Waals surface area contributed by atoms with E-state index in [-0.39, 0.29) is 11.7 Å². The van der Waals surface area contributed by atoms with Crippen molar-refractivity contribution >= 4 is 39.9 Å². The summed E-state index contributed by atoms with van der Waals surface area (Å²) in [7, 11) is 0. The first-order chi connectivity index (χ1) is 14.9. The van der Waals surface area contributed by atoms with Gasteiger partial charge in [-0.05, 0) is 43.0 Å². The zero-order chi connectivity index (χ0) is 22.0. The summed E-state index contributed by atoms with van der Waals surface area (Å²) in [5.74, 6) is 0.0866. The van der Waals surface area contributed by atoms with E-state index in [1.807, 2.05) is 73.7 Å². The quantitative estimate of drug-likeness (QED) is 0.362. The summed E-state index contributed by atoms with van der Waals surface area (Å²) in [6, 6.07) is 22.7. The van der Waals surface area contributed by atoms with E-state index in [0.717, 1.165) is 27.7 Å². The summed E-state index contributed by atoms with van der Waals surface area (Å²) in [4.78, 5) is 29.1. The van der Waals surface area contributed by atoms with Gasteiger partial charge in [0.2, 0.25) is 5.91 Å². The molecule has 0 radical (unpaired) electrons. The number of nitrogens with one attached hydrogen (secondary N) is 1. The Balaban J connectivity index is 1.63. The summed E-state index contributed by atoms with van der Waals surface area (Å²) >= 11 is 1.19. The largest absolute Gasteiger partial charge is 0.385 e. The van der Waals surface area contributed by atoms with Crippen molar-refractivity contribution in [3.8, 4) is 5.69 Å². The molecule has 1 aromatic heterocycles. The van der Waals surface area contributed by atoms with E-state index >= 15 is 0 Å². The molecule has 3 N–H and O–H groups in total. The minimum atomic E-state index is -0.510. The average molecular weight is 431 g/mol. The number of nitrogen functional groups attached to an aromatic ring is 1. The highest BCUT2D eigenvalue weighted by Crippen LogP contribution is 2.28. The van der Waals surface area contributed by atoms with Crippen molar-refractivity contribution in [2.24, 2.45) is 0 Å². The second kappa shape index (κ2) is 8.65. The van der Waals surface area contributed by atoms with Gasteiger partial charge in [-0.25, -0.2) is 0 Å². The highest BCUT2D eigenvalue weighted by Gasteiger charge is 2.20. The van der Waals surface area contributed by atoms with Gasteiger partial charge in [-0.1, -0.05) is 60.3 Å². The number of aromatic nitrogens is 2. The van der Waals surface area contributed by atoms with E-state index in [1.165, 1.54) is 17.8 Å². The van der Waals surface area contributed by atoms with Crippen LogP contribution in [0.15, 0.2) is 82.7 Å². The summed E-state index contributed by atoms with van der Waals surface area (Å²) in [6.07, 6.45) is 0. The fraction of sp³-hybridized carbons (Fsp3) is 0.125. The second-order valence-electron chi connectivity index (χ2n) is 7.25. The predicted octanol–water partition coefficient (Wildman–Crippen LogP) is 4.40. The average Bonchev–Trinajstić information content (AvgIpc) is 2.73. The molecular formula is C24H22N4O2S. The summed E-state index contributed by atoms with van der Waals surface area (Å²) in [5, 5.41) is 4.87. The topological polar surface area (TPSA) is 90.0 Å². The third-order valence-corrected chi connectivity index (χ3v) is 5.94. The number of benzene rings is 3. The van der Waals surface area contributed by atoms with Crippen LogP contribution in [0.5, 0.6) is 0 Å². The lowest BCUT2D eigenvalue weighted by Gasteiger charge is -2.18. The van der Waals surface area contributed by atoms with Crippen LogP contribution in [0, 0.1) is 6.92 Å². The van der Waals surface area contributed by atoms with Crippen LogP contribution < -0.4 is 16.6 Å². The molecule has 0 spiro atoms. The predicted molar refractivity (Wildman–Crippen MR) is 127 cm³/mol. The Labute approximate surface area is 184 Å². The van der Waals surface area contributed by atoms with Crippen LogP contribution in [0.1, 0.15) is 12.5 Å². The Bertz CT molecular complexity index is 1330. The van der Waals surface area contributed by atoms with Crippen molar-refractivity contribution < 1.29 is 4.79 Å². The SMILES string of the molecule is Cc1cccc(-n2c(N)cc(=O)nc2S[C@H](C)C(=O)Nc2cccc3ccccc23)c1.